The normalized spacial score (nSPS) is 16.4. The fourth-order valence-corrected chi connectivity index (χ4v) is 3.24. The molecule has 1 aliphatic rings. The number of nitrogens with zero attached hydrogens (tertiary/aromatic N) is 1. The van der Waals surface area contributed by atoms with E-state index in [2.05, 4.69) is 5.32 Å². The van der Waals surface area contributed by atoms with Crippen molar-refractivity contribution >= 4 is 11.8 Å². The monoisotopic (exact) mass is 366 g/mol. The van der Waals surface area contributed by atoms with Gasteiger partial charge in [0, 0.05) is 19.0 Å². The van der Waals surface area contributed by atoms with Crippen LogP contribution in [0.3, 0.4) is 0 Å². The van der Waals surface area contributed by atoms with Gasteiger partial charge in [0.05, 0.1) is 13.2 Å². The molecule has 1 aliphatic heterocycles. The Morgan fingerprint density at radius 2 is 1.59 bits per heavy atom. The minimum atomic E-state index is -0.671. The number of benzene rings is 2. The summed E-state index contributed by atoms with van der Waals surface area (Å²) in [6, 6.07) is 18.7. The van der Waals surface area contributed by atoms with E-state index in [1.54, 1.807) is 4.90 Å². The summed E-state index contributed by atoms with van der Waals surface area (Å²) in [5, 5.41) is 2.98. The zero-order valence-corrected chi connectivity index (χ0v) is 15.6. The second kappa shape index (κ2) is 9.33. The third-order valence-corrected chi connectivity index (χ3v) is 4.82. The van der Waals surface area contributed by atoms with Gasteiger partial charge in [0.25, 0.3) is 0 Å². The number of carbonyl (C=O) groups is 2. The summed E-state index contributed by atoms with van der Waals surface area (Å²) in [5.74, 6) is -0.421. The van der Waals surface area contributed by atoms with Crippen molar-refractivity contribution in [1.29, 1.82) is 0 Å². The Balaban J connectivity index is 1.72. The molecule has 1 unspecified atom stereocenters. The molecular formula is C22H26N2O3. The molecule has 2 atom stereocenters. The second-order valence-electron chi connectivity index (χ2n) is 6.88. The topological polar surface area (TPSA) is 58.6 Å². The highest BCUT2D eigenvalue weighted by Gasteiger charge is 2.29. The summed E-state index contributed by atoms with van der Waals surface area (Å²) in [4.78, 5) is 27.6. The lowest BCUT2D eigenvalue weighted by atomic mass is 9.98. The lowest BCUT2D eigenvalue weighted by Gasteiger charge is -2.31. The molecule has 1 heterocycles. The van der Waals surface area contributed by atoms with Gasteiger partial charge in [-0.15, -0.1) is 0 Å². The van der Waals surface area contributed by atoms with Crippen molar-refractivity contribution in [3.8, 4) is 0 Å². The van der Waals surface area contributed by atoms with Crippen LogP contribution in [0.2, 0.25) is 0 Å². The van der Waals surface area contributed by atoms with E-state index in [0.717, 1.165) is 11.1 Å². The highest BCUT2D eigenvalue weighted by atomic mass is 16.5. The zero-order chi connectivity index (χ0) is 19.1. The smallest absolute Gasteiger partial charge is 0.249 e. The van der Waals surface area contributed by atoms with Gasteiger partial charge in [-0.05, 0) is 17.5 Å². The van der Waals surface area contributed by atoms with E-state index in [9.17, 15) is 9.59 Å². The van der Waals surface area contributed by atoms with Crippen LogP contribution in [-0.4, -0.2) is 43.0 Å². The van der Waals surface area contributed by atoms with E-state index in [-0.39, 0.29) is 17.7 Å². The first-order chi connectivity index (χ1) is 13.1. The highest BCUT2D eigenvalue weighted by Crippen LogP contribution is 2.18. The largest absolute Gasteiger partial charge is 0.378 e. The zero-order valence-electron chi connectivity index (χ0n) is 15.6. The number of morpholine rings is 1. The van der Waals surface area contributed by atoms with Crippen LogP contribution in [0.5, 0.6) is 0 Å². The van der Waals surface area contributed by atoms with Gasteiger partial charge < -0.3 is 15.0 Å². The molecule has 0 spiro atoms. The second-order valence-corrected chi connectivity index (χ2v) is 6.88. The van der Waals surface area contributed by atoms with Gasteiger partial charge >= 0.3 is 0 Å². The number of rotatable bonds is 6. The third-order valence-electron chi connectivity index (χ3n) is 4.82. The van der Waals surface area contributed by atoms with Gasteiger partial charge in [-0.2, -0.15) is 0 Å². The first kappa shape index (κ1) is 19.1. The quantitative estimate of drug-likeness (QED) is 0.855. The van der Waals surface area contributed by atoms with Crippen LogP contribution in [0.25, 0.3) is 0 Å². The molecule has 0 aromatic heterocycles. The third kappa shape index (κ3) is 5.17. The summed E-state index contributed by atoms with van der Waals surface area (Å²) >= 11 is 0. The fourth-order valence-electron chi connectivity index (χ4n) is 3.24. The molecule has 0 saturated carbocycles. The number of hydrogen-bond donors (Lipinski definition) is 1. The van der Waals surface area contributed by atoms with Crippen molar-refractivity contribution in [1.82, 2.24) is 10.2 Å². The molecule has 2 aromatic carbocycles. The Kier molecular flexibility index (Phi) is 6.60. The molecule has 0 aliphatic carbocycles. The SMILES string of the molecule is CC(Cc1ccccc1)C(=O)N[C@@H](C(=O)N1CCOCC1)c1ccccc1. The van der Waals surface area contributed by atoms with E-state index in [1.165, 1.54) is 0 Å². The van der Waals surface area contributed by atoms with Crippen molar-refractivity contribution in [2.45, 2.75) is 19.4 Å². The predicted molar refractivity (Wildman–Crippen MR) is 104 cm³/mol. The molecule has 0 radical (unpaired) electrons. The maximum Gasteiger partial charge on any atom is 0.249 e. The van der Waals surface area contributed by atoms with Crippen molar-refractivity contribution < 1.29 is 14.3 Å². The van der Waals surface area contributed by atoms with Crippen LogP contribution < -0.4 is 5.32 Å². The average molecular weight is 366 g/mol. The molecule has 0 bridgehead atoms. The highest BCUT2D eigenvalue weighted by molar-refractivity contribution is 5.89. The molecule has 142 valence electrons. The Morgan fingerprint density at radius 1 is 1.00 bits per heavy atom. The van der Waals surface area contributed by atoms with Crippen LogP contribution in [-0.2, 0) is 20.7 Å². The van der Waals surface area contributed by atoms with Crippen LogP contribution in [0.15, 0.2) is 60.7 Å². The lowest BCUT2D eigenvalue weighted by molar-refractivity contribution is -0.140. The molecule has 3 rings (SSSR count). The van der Waals surface area contributed by atoms with Gasteiger partial charge in [0.1, 0.15) is 6.04 Å². The van der Waals surface area contributed by atoms with Gasteiger partial charge in [0.15, 0.2) is 0 Å². The number of hydrogen-bond acceptors (Lipinski definition) is 3. The number of nitrogens with one attached hydrogen (secondary N) is 1. The van der Waals surface area contributed by atoms with Crippen molar-refractivity contribution in [2.24, 2.45) is 5.92 Å². The minimum Gasteiger partial charge on any atom is -0.378 e. The van der Waals surface area contributed by atoms with Crippen LogP contribution >= 0.6 is 0 Å². The summed E-state index contributed by atoms with van der Waals surface area (Å²) in [5.41, 5.74) is 1.91. The Labute approximate surface area is 160 Å². The van der Waals surface area contributed by atoms with Crippen LogP contribution in [0.1, 0.15) is 24.1 Å². The van der Waals surface area contributed by atoms with Gasteiger partial charge in [0.2, 0.25) is 11.8 Å². The lowest BCUT2D eigenvalue weighted by Crippen LogP contribution is -2.48. The molecule has 27 heavy (non-hydrogen) atoms. The molecule has 2 aromatic rings. The maximum atomic E-state index is 13.1. The Hall–Kier alpha value is -2.66. The van der Waals surface area contributed by atoms with Crippen LogP contribution in [0.4, 0.5) is 0 Å². The first-order valence-electron chi connectivity index (χ1n) is 9.41. The van der Waals surface area contributed by atoms with E-state index in [0.29, 0.717) is 32.7 Å². The first-order valence-corrected chi connectivity index (χ1v) is 9.41. The molecule has 5 heteroatoms. The van der Waals surface area contributed by atoms with Crippen molar-refractivity contribution in [3.63, 3.8) is 0 Å². The standard InChI is InChI=1S/C22H26N2O3/c1-17(16-18-8-4-2-5-9-18)21(25)23-20(19-10-6-3-7-11-19)22(26)24-12-14-27-15-13-24/h2-11,17,20H,12-16H2,1H3,(H,23,25)/t17?,20-/m1/s1. The Bertz CT molecular complexity index is 743. The maximum absolute atomic E-state index is 13.1. The van der Waals surface area contributed by atoms with Gasteiger partial charge in [-0.3, -0.25) is 9.59 Å². The van der Waals surface area contributed by atoms with E-state index < -0.39 is 6.04 Å². The molecule has 1 fully saturated rings. The van der Waals surface area contributed by atoms with Gasteiger partial charge in [-0.25, -0.2) is 0 Å². The van der Waals surface area contributed by atoms with E-state index in [1.807, 2.05) is 67.6 Å². The van der Waals surface area contributed by atoms with Crippen molar-refractivity contribution in [3.05, 3.63) is 71.8 Å². The summed E-state index contributed by atoms with van der Waals surface area (Å²) < 4.78 is 5.34. The molecule has 1 N–H and O–H groups in total. The molecule has 5 nitrogen and oxygen atoms in total. The summed E-state index contributed by atoms with van der Waals surface area (Å²) in [6.45, 7) is 4.07. The van der Waals surface area contributed by atoms with E-state index >= 15 is 0 Å². The van der Waals surface area contributed by atoms with Crippen LogP contribution in [0, 0.1) is 5.92 Å². The van der Waals surface area contributed by atoms with E-state index in [4.69, 9.17) is 4.74 Å². The number of amides is 2. The fraction of sp³-hybridized carbons (Fsp3) is 0.364. The summed E-state index contributed by atoms with van der Waals surface area (Å²) in [7, 11) is 0. The van der Waals surface area contributed by atoms with Gasteiger partial charge in [-0.1, -0.05) is 67.6 Å². The van der Waals surface area contributed by atoms with Crippen molar-refractivity contribution in [2.75, 3.05) is 26.3 Å². The average Bonchev–Trinajstić information content (AvgIpc) is 2.73. The molecular weight excluding hydrogens is 340 g/mol. The number of carbonyl (C=O) groups excluding carboxylic acids is 2. The molecule has 2 amide bonds. The molecule has 1 saturated heterocycles. The Morgan fingerprint density at radius 3 is 2.22 bits per heavy atom. The predicted octanol–water partition coefficient (Wildman–Crippen LogP) is 2.58. The minimum absolute atomic E-state index is 0.0789. The summed E-state index contributed by atoms with van der Waals surface area (Å²) in [6.07, 6.45) is 0.639. The number of ether oxygens (including phenoxy) is 1.